The molecule has 2 aromatic rings. The Hall–Kier alpha value is -2.39. The van der Waals surface area contributed by atoms with Gasteiger partial charge in [-0.3, -0.25) is 10.1 Å². The lowest BCUT2D eigenvalue weighted by atomic mass is 10.0. The van der Waals surface area contributed by atoms with Crippen molar-refractivity contribution < 1.29 is 27.4 Å². The number of carbonyl (C=O) groups is 1. The van der Waals surface area contributed by atoms with Gasteiger partial charge in [0.1, 0.15) is 6.04 Å². The molecule has 1 amide bonds. The Bertz CT molecular complexity index is 890. The normalized spacial score (nSPS) is 21.1. The number of rotatable bonds is 4. The van der Waals surface area contributed by atoms with E-state index in [9.17, 15) is 18.0 Å². The van der Waals surface area contributed by atoms with E-state index in [0.29, 0.717) is 29.4 Å². The molecule has 2 aliphatic rings. The first-order valence-electron chi connectivity index (χ1n) is 8.94. The van der Waals surface area contributed by atoms with Crippen molar-refractivity contribution in [3.05, 3.63) is 64.9 Å². The lowest BCUT2D eigenvalue weighted by Crippen LogP contribution is -2.48. The molecule has 0 saturated carbocycles. The Balaban J connectivity index is 1.34. The highest BCUT2D eigenvalue weighted by molar-refractivity contribution is 8.01. The number of fused-ring (bicyclic) bond motifs is 1. The van der Waals surface area contributed by atoms with E-state index in [1.807, 2.05) is 12.1 Å². The molecular formula is C20H18F3N2O3S. The van der Waals surface area contributed by atoms with Gasteiger partial charge < -0.3 is 14.8 Å². The van der Waals surface area contributed by atoms with Crippen LogP contribution < -0.4 is 20.1 Å². The largest absolute Gasteiger partial charge is 0.454 e. The second-order valence-corrected chi connectivity index (χ2v) is 7.63. The summed E-state index contributed by atoms with van der Waals surface area (Å²) in [5, 5.41) is 6.06. The van der Waals surface area contributed by atoms with Crippen LogP contribution in [0, 0.1) is 5.75 Å². The van der Waals surface area contributed by atoms with Crippen LogP contribution in [0.2, 0.25) is 0 Å². The van der Waals surface area contributed by atoms with E-state index < -0.39 is 17.8 Å². The molecule has 4 rings (SSSR count). The van der Waals surface area contributed by atoms with Gasteiger partial charge in [0.2, 0.25) is 12.7 Å². The predicted octanol–water partition coefficient (Wildman–Crippen LogP) is 3.66. The summed E-state index contributed by atoms with van der Waals surface area (Å²) in [6.07, 6.45) is -4.36. The van der Waals surface area contributed by atoms with Crippen LogP contribution in [0.25, 0.3) is 0 Å². The molecule has 1 saturated heterocycles. The second-order valence-electron chi connectivity index (χ2n) is 6.69. The number of hydrogen-bond acceptors (Lipinski definition) is 5. The van der Waals surface area contributed by atoms with Gasteiger partial charge in [-0.25, -0.2) is 0 Å². The fourth-order valence-electron chi connectivity index (χ4n) is 3.14. The lowest BCUT2D eigenvalue weighted by Gasteiger charge is -2.30. The van der Waals surface area contributed by atoms with Gasteiger partial charge in [-0.15, -0.1) is 0 Å². The molecule has 9 heteroatoms. The predicted molar refractivity (Wildman–Crippen MR) is 102 cm³/mol. The van der Waals surface area contributed by atoms with E-state index in [2.05, 4.69) is 10.6 Å². The molecule has 0 aromatic heterocycles. The number of alkyl halides is 3. The van der Waals surface area contributed by atoms with E-state index in [1.54, 1.807) is 11.8 Å². The Morgan fingerprint density at radius 3 is 2.66 bits per heavy atom. The van der Waals surface area contributed by atoms with Gasteiger partial charge in [-0.2, -0.15) is 24.9 Å². The zero-order chi connectivity index (χ0) is 20.4. The Morgan fingerprint density at radius 1 is 1.14 bits per heavy atom. The van der Waals surface area contributed by atoms with Crippen molar-refractivity contribution in [2.45, 2.75) is 24.8 Å². The van der Waals surface area contributed by atoms with Gasteiger partial charge in [0, 0.05) is 24.1 Å². The molecule has 0 aliphatic carbocycles. The third-order valence-corrected chi connectivity index (χ3v) is 5.69. The first-order valence-corrected chi connectivity index (χ1v) is 9.99. The minimum absolute atomic E-state index is 0.189. The van der Waals surface area contributed by atoms with Crippen molar-refractivity contribution in [2.24, 2.45) is 0 Å². The Kier molecular flexibility index (Phi) is 5.60. The topological polar surface area (TPSA) is 59.6 Å². The summed E-state index contributed by atoms with van der Waals surface area (Å²) in [7, 11) is 0. The Morgan fingerprint density at radius 2 is 1.90 bits per heavy atom. The van der Waals surface area contributed by atoms with E-state index in [-0.39, 0.29) is 18.7 Å². The first-order chi connectivity index (χ1) is 13.9. The minimum atomic E-state index is -4.36. The van der Waals surface area contributed by atoms with E-state index >= 15 is 0 Å². The van der Waals surface area contributed by atoms with Crippen molar-refractivity contribution in [3.63, 3.8) is 0 Å². The van der Waals surface area contributed by atoms with E-state index in [4.69, 9.17) is 9.47 Å². The monoisotopic (exact) mass is 423 g/mol. The van der Waals surface area contributed by atoms with Crippen LogP contribution >= 0.6 is 11.8 Å². The number of ether oxygens (including phenoxy) is 2. The SMILES string of the molecule is O=C(NCc1ccc2c(c1)OCO2)[C@@H]1[CH]SCC(c2ccc(C(F)(F)F)cc2)N1. The van der Waals surface area contributed by atoms with Crippen molar-refractivity contribution in [2.75, 3.05) is 12.5 Å². The van der Waals surface area contributed by atoms with Crippen LogP contribution in [0.3, 0.4) is 0 Å². The van der Waals surface area contributed by atoms with Crippen LogP contribution in [0.15, 0.2) is 42.5 Å². The highest BCUT2D eigenvalue weighted by Gasteiger charge is 2.31. The Labute approximate surface area is 170 Å². The molecule has 2 aliphatic heterocycles. The van der Waals surface area contributed by atoms with Crippen LogP contribution in [0.5, 0.6) is 11.5 Å². The molecule has 0 spiro atoms. The zero-order valence-electron chi connectivity index (χ0n) is 15.2. The molecule has 29 heavy (non-hydrogen) atoms. The average molecular weight is 423 g/mol. The van der Waals surface area contributed by atoms with Crippen LogP contribution in [-0.2, 0) is 17.5 Å². The summed E-state index contributed by atoms with van der Waals surface area (Å²) in [5.41, 5.74) is 0.909. The van der Waals surface area contributed by atoms with E-state index in [1.165, 1.54) is 23.9 Å². The molecule has 153 valence electrons. The molecule has 2 N–H and O–H groups in total. The van der Waals surface area contributed by atoms with Gasteiger partial charge >= 0.3 is 6.18 Å². The van der Waals surface area contributed by atoms with Gasteiger partial charge in [0.15, 0.2) is 11.5 Å². The van der Waals surface area contributed by atoms with Crippen molar-refractivity contribution >= 4 is 17.7 Å². The lowest BCUT2D eigenvalue weighted by molar-refractivity contribution is -0.137. The summed E-state index contributed by atoms with van der Waals surface area (Å²) >= 11 is 1.47. The third-order valence-electron chi connectivity index (χ3n) is 4.70. The van der Waals surface area contributed by atoms with Gasteiger partial charge in [0.05, 0.1) is 5.56 Å². The van der Waals surface area contributed by atoms with Crippen molar-refractivity contribution in [1.82, 2.24) is 10.6 Å². The number of thioether (sulfide) groups is 1. The molecule has 2 heterocycles. The number of hydrogen-bond donors (Lipinski definition) is 2. The maximum atomic E-state index is 12.7. The molecule has 2 atom stereocenters. The number of nitrogens with one attached hydrogen (secondary N) is 2. The molecule has 1 radical (unpaired) electrons. The smallest absolute Gasteiger partial charge is 0.416 e. The molecule has 0 bridgehead atoms. The summed E-state index contributed by atoms with van der Waals surface area (Å²) in [5.74, 6) is 3.56. The number of carbonyl (C=O) groups excluding carboxylic acids is 1. The van der Waals surface area contributed by atoms with Gasteiger partial charge in [-0.05, 0) is 35.4 Å². The highest BCUT2D eigenvalue weighted by Crippen LogP contribution is 2.33. The number of benzene rings is 2. The summed E-state index contributed by atoms with van der Waals surface area (Å²) in [6, 6.07) is 9.74. The van der Waals surface area contributed by atoms with Gasteiger partial charge in [-0.1, -0.05) is 18.2 Å². The third kappa shape index (κ3) is 4.62. The minimum Gasteiger partial charge on any atom is -0.454 e. The maximum absolute atomic E-state index is 12.7. The zero-order valence-corrected chi connectivity index (χ0v) is 16.0. The molecule has 2 aromatic carbocycles. The quantitative estimate of drug-likeness (QED) is 0.786. The fraction of sp³-hybridized carbons (Fsp3) is 0.300. The highest BCUT2D eigenvalue weighted by atomic mass is 32.2. The van der Waals surface area contributed by atoms with Crippen LogP contribution in [-0.4, -0.2) is 24.5 Å². The maximum Gasteiger partial charge on any atom is 0.416 e. The molecule has 1 fully saturated rings. The number of halogens is 3. The van der Waals surface area contributed by atoms with Crippen molar-refractivity contribution in [3.8, 4) is 11.5 Å². The van der Waals surface area contributed by atoms with Crippen LogP contribution in [0.4, 0.5) is 13.2 Å². The van der Waals surface area contributed by atoms with E-state index in [0.717, 1.165) is 17.7 Å². The second kappa shape index (κ2) is 8.16. The van der Waals surface area contributed by atoms with Gasteiger partial charge in [0.25, 0.3) is 0 Å². The molecular weight excluding hydrogens is 405 g/mol. The summed E-state index contributed by atoms with van der Waals surface area (Å²) in [4.78, 5) is 12.5. The standard InChI is InChI=1S/C20H18F3N2O3S/c21-20(22,23)14-4-2-13(3-5-14)15-9-29-10-16(25-15)19(26)24-8-12-1-6-17-18(7-12)28-11-27-17/h1-7,10,15-16,25H,8-9,11H2,(H,24,26)/t15?,16-/m0/s1. The summed E-state index contributed by atoms with van der Waals surface area (Å²) in [6.45, 7) is 0.520. The number of amides is 1. The summed E-state index contributed by atoms with van der Waals surface area (Å²) < 4.78 is 48.8. The van der Waals surface area contributed by atoms with Crippen LogP contribution in [0.1, 0.15) is 22.7 Å². The molecule has 5 nitrogen and oxygen atoms in total. The fourth-order valence-corrected chi connectivity index (χ4v) is 4.12. The average Bonchev–Trinajstić information content (AvgIpc) is 3.19. The van der Waals surface area contributed by atoms with Crippen molar-refractivity contribution in [1.29, 1.82) is 0 Å². The molecule has 1 unspecified atom stereocenters. The first kappa shape index (κ1) is 19.9.